The summed E-state index contributed by atoms with van der Waals surface area (Å²) in [5, 5.41) is 3.50. The van der Waals surface area contributed by atoms with Crippen LogP contribution in [0.1, 0.15) is 31.4 Å². The second-order valence-corrected chi connectivity index (χ2v) is 4.25. The van der Waals surface area contributed by atoms with Crippen molar-refractivity contribution >= 4 is 0 Å². The maximum Gasteiger partial charge on any atom is 0.142 e. The second kappa shape index (κ2) is 6.40. The minimum Gasteiger partial charge on any atom is -0.496 e. The van der Waals surface area contributed by atoms with Crippen molar-refractivity contribution in [1.29, 1.82) is 0 Å². The van der Waals surface area contributed by atoms with Crippen molar-refractivity contribution in [3.05, 3.63) is 35.9 Å². The monoisotopic (exact) mass is 248 g/mol. The Morgan fingerprint density at radius 3 is 3.11 bits per heavy atom. The van der Waals surface area contributed by atoms with E-state index in [1.807, 2.05) is 6.07 Å². The third kappa shape index (κ3) is 2.82. The van der Waals surface area contributed by atoms with E-state index in [-0.39, 0.29) is 6.04 Å². The van der Waals surface area contributed by atoms with Crippen LogP contribution in [0, 0.1) is 0 Å². The molecule has 0 saturated carbocycles. The Balaban J connectivity index is 2.26. The van der Waals surface area contributed by atoms with Gasteiger partial charge in [-0.15, -0.1) is 0 Å². The summed E-state index contributed by atoms with van der Waals surface area (Å²) in [5.41, 5.74) is 1.08. The van der Waals surface area contributed by atoms with Crippen LogP contribution in [0.4, 0.5) is 0 Å². The smallest absolute Gasteiger partial charge is 0.142 e. The Kier molecular flexibility index (Phi) is 4.59. The average molecular weight is 248 g/mol. The van der Waals surface area contributed by atoms with E-state index in [0.717, 1.165) is 43.1 Å². The van der Waals surface area contributed by atoms with Crippen molar-refractivity contribution in [1.82, 2.24) is 10.3 Å². The van der Waals surface area contributed by atoms with E-state index in [1.54, 1.807) is 19.5 Å². The molecule has 4 heteroatoms. The number of nitrogens with one attached hydrogen (secondary N) is 1. The Labute approximate surface area is 108 Å². The maximum absolute atomic E-state index is 5.69. The molecule has 2 heterocycles. The summed E-state index contributed by atoms with van der Waals surface area (Å²) in [4.78, 5) is 4.09. The van der Waals surface area contributed by atoms with Gasteiger partial charge in [0.05, 0.1) is 26.0 Å². The van der Waals surface area contributed by atoms with Crippen molar-refractivity contribution in [3.63, 3.8) is 0 Å². The van der Waals surface area contributed by atoms with Crippen LogP contribution in [0.2, 0.25) is 0 Å². The molecule has 0 saturated heterocycles. The zero-order chi connectivity index (χ0) is 12.8. The Morgan fingerprint density at radius 2 is 2.44 bits per heavy atom. The van der Waals surface area contributed by atoms with Crippen molar-refractivity contribution in [2.45, 2.75) is 25.8 Å². The molecule has 0 radical (unpaired) electrons. The van der Waals surface area contributed by atoms with E-state index in [1.165, 1.54) is 0 Å². The topological polar surface area (TPSA) is 43.4 Å². The van der Waals surface area contributed by atoms with Gasteiger partial charge >= 0.3 is 0 Å². The first-order valence-corrected chi connectivity index (χ1v) is 6.41. The van der Waals surface area contributed by atoms with Crippen LogP contribution in [0.15, 0.2) is 30.3 Å². The van der Waals surface area contributed by atoms with Gasteiger partial charge in [0.1, 0.15) is 11.5 Å². The number of pyridine rings is 1. The van der Waals surface area contributed by atoms with Crippen LogP contribution in [0.5, 0.6) is 5.75 Å². The molecule has 4 nitrogen and oxygen atoms in total. The summed E-state index contributed by atoms with van der Waals surface area (Å²) < 4.78 is 11.1. The van der Waals surface area contributed by atoms with Gasteiger partial charge in [-0.05, 0) is 25.1 Å². The fourth-order valence-corrected chi connectivity index (χ4v) is 2.09. The number of aromatic nitrogens is 1. The standard InChI is InChI=1S/C14H20N2O2/c1-3-7-16-14(12-5-4-9-18-12)11-6-8-15-10-13(11)17-2/h5-6,8,10,14,16H,3-4,7,9H2,1-2H3. The highest BCUT2D eigenvalue weighted by Gasteiger charge is 2.23. The molecule has 0 aliphatic carbocycles. The summed E-state index contributed by atoms with van der Waals surface area (Å²) in [6.45, 7) is 3.86. The molecule has 2 rings (SSSR count). The molecule has 18 heavy (non-hydrogen) atoms. The normalized spacial score (nSPS) is 16.0. The van der Waals surface area contributed by atoms with Gasteiger partial charge in [-0.1, -0.05) is 6.92 Å². The Morgan fingerprint density at radius 1 is 1.56 bits per heavy atom. The van der Waals surface area contributed by atoms with Gasteiger partial charge in [0.15, 0.2) is 0 Å². The van der Waals surface area contributed by atoms with E-state index in [0.29, 0.717) is 0 Å². The molecule has 1 unspecified atom stereocenters. The number of methoxy groups -OCH3 is 1. The van der Waals surface area contributed by atoms with E-state index in [4.69, 9.17) is 9.47 Å². The molecule has 1 aliphatic rings. The SMILES string of the molecule is CCCNC(C1=CCCO1)c1ccncc1OC. The molecule has 1 N–H and O–H groups in total. The van der Waals surface area contributed by atoms with Gasteiger partial charge in [-0.25, -0.2) is 0 Å². The molecular formula is C14H20N2O2. The minimum atomic E-state index is 0.0606. The molecular weight excluding hydrogens is 228 g/mol. The van der Waals surface area contributed by atoms with Gasteiger partial charge in [0.25, 0.3) is 0 Å². The summed E-state index contributed by atoms with van der Waals surface area (Å²) in [6, 6.07) is 2.04. The summed E-state index contributed by atoms with van der Waals surface area (Å²) >= 11 is 0. The summed E-state index contributed by atoms with van der Waals surface area (Å²) in [6.07, 6.45) is 7.73. The maximum atomic E-state index is 5.69. The molecule has 1 atom stereocenters. The van der Waals surface area contributed by atoms with E-state index in [9.17, 15) is 0 Å². The predicted octanol–water partition coefficient (Wildman–Crippen LogP) is 2.44. The lowest BCUT2D eigenvalue weighted by molar-refractivity contribution is 0.214. The molecule has 0 aromatic carbocycles. The average Bonchev–Trinajstić information content (AvgIpc) is 2.94. The molecule has 1 aliphatic heterocycles. The quantitative estimate of drug-likeness (QED) is 0.839. The van der Waals surface area contributed by atoms with E-state index < -0.39 is 0 Å². The number of hydrogen-bond donors (Lipinski definition) is 1. The highest BCUT2D eigenvalue weighted by atomic mass is 16.5. The molecule has 0 amide bonds. The number of hydrogen-bond acceptors (Lipinski definition) is 4. The van der Waals surface area contributed by atoms with Crippen LogP contribution in [-0.2, 0) is 4.74 Å². The third-order valence-corrected chi connectivity index (χ3v) is 2.96. The highest BCUT2D eigenvalue weighted by molar-refractivity contribution is 5.37. The highest BCUT2D eigenvalue weighted by Crippen LogP contribution is 2.31. The molecule has 98 valence electrons. The van der Waals surface area contributed by atoms with Gasteiger partial charge in [0, 0.05) is 18.2 Å². The van der Waals surface area contributed by atoms with Crippen molar-refractivity contribution in [2.24, 2.45) is 0 Å². The van der Waals surface area contributed by atoms with Crippen LogP contribution in [0.3, 0.4) is 0 Å². The number of nitrogens with zero attached hydrogens (tertiary/aromatic N) is 1. The van der Waals surface area contributed by atoms with Gasteiger partial charge in [-0.2, -0.15) is 0 Å². The van der Waals surface area contributed by atoms with Crippen LogP contribution >= 0.6 is 0 Å². The van der Waals surface area contributed by atoms with Crippen LogP contribution < -0.4 is 10.1 Å². The second-order valence-electron chi connectivity index (χ2n) is 4.25. The number of rotatable bonds is 6. The molecule has 0 bridgehead atoms. The zero-order valence-electron chi connectivity index (χ0n) is 11.0. The fourth-order valence-electron chi connectivity index (χ4n) is 2.09. The van der Waals surface area contributed by atoms with Gasteiger partial charge in [0.2, 0.25) is 0 Å². The number of ether oxygens (including phenoxy) is 2. The lowest BCUT2D eigenvalue weighted by Gasteiger charge is -2.21. The first kappa shape index (κ1) is 12.9. The zero-order valence-corrected chi connectivity index (χ0v) is 11.0. The first-order valence-electron chi connectivity index (χ1n) is 6.41. The first-order chi connectivity index (χ1) is 8.86. The molecule has 0 spiro atoms. The summed E-state index contributed by atoms with van der Waals surface area (Å²) in [5.74, 6) is 1.79. The van der Waals surface area contributed by atoms with Crippen molar-refractivity contribution in [3.8, 4) is 5.75 Å². The van der Waals surface area contributed by atoms with Crippen molar-refractivity contribution in [2.75, 3.05) is 20.3 Å². The fraction of sp³-hybridized carbons (Fsp3) is 0.500. The third-order valence-electron chi connectivity index (χ3n) is 2.96. The van der Waals surface area contributed by atoms with Gasteiger partial charge in [-0.3, -0.25) is 4.98 Å². The van der Waals surface area contributed by atoms with Crippen molar-refractivity contribution < 1.29 is 9.47 Å². The van der Waals surface area contributed by atoms with Crippen LogP contribution in [-0.4, -0.2) is 25.2 Å². The van der Waals surface area contributed by atoms with E-state index in [2.05, 4.69) is 23.3 Å². The summed E-state index contributed by atoms with van der Waals surface area (Å²) in [7, 11) is 1.67. The lowest BCUT2D eigenvalue weighted by atomic mass is 10.0. The lowest BCUT2D eigenvalue weighted by Crippen LogP contribution is -2.24. The predicted molar refractivity (Wildman–Crippen MR) is 70.5 cm³/mol. The molecule has 1 aromatic heterocycles. The molecule has 1 aromatic rings. The largest absolute Gasteiger partial charge is 0.496 e. The molecule has 0 fully saturated rings. The minimum absolute atomic E-state index is 0.0606. The van der Waals surface area contributed by atoms with Crippen LogP contribution in [0.25, 0.3) is 0 Å². The Bertz CT molecular complexity index is 418. The van der Waals surface area contributed by atoms with E-state index >= 15 is 0 Å². The Hall–Kier alpha value is -1.55. The van der Waals surface area contributed by atoms with Gasteiger partial charge < -0.3 is 14.8 Å².